The normalized spacial score (nSPS) is 19.4. The van der Waals surface area contributed by atoms with Crippen molar-refractivity contribution in [1.29, 1.82) is 0 Å². The number of hydrogen-bond acceptors (Lipinski definition) is 6. The van der Waals surface area contributed by atoms with Crippen LogP contribution in [0.4, 0.5) is 5.82 Å². The molecule has 8 heteroatoms. The van der Waals surface area contributed by atoms with Crippen molar-refractivity contribution in [2.24, 2.45) is 5.92 Å². The summed E-state index contributed by atoms with van der Waals surface area (Å²) >= 11 is 0. The predicted molar refractivity (Wildman–Crippen MR) is 121 cm³/mol. The van der Waals surface area contributed by atoms with Crippen LogP contribution in [0.5, 0.6) is 0 Å². The highest BCUT2D eigenvalue weighted by molar-refractivity contribution is 6.18. The van der Waals surface area contributed by atoms with Crippen LogP contribution in [-0.2, 0) is 9.53 Å². The van der Waals surface area contributed by atoms with Gasteiger partial charge in [-0.15, -0.1) is 0 Å². The number of nitrogens with one attached hydrogen (secondary N) is 2. The average Bonchev–Trinajstić information content (AvgIpc) is 3.47. The van der Waals surface area contributed by atoms with Crippen molar-refractivity contribution in [3.63, 3.8) is 0 Å². The number of hydrogen-bond donors (Lipinski definition) is 2. The number of carbonyl (C=O) groups excluding carboxylic acids is 2. The van der Waals surface area contributed by atoms with Gasteiger partial charge in [0.25, 0.3) is 0 Å². The smallest absolute Gasteiger partial charge is 0.220 e. The standard InChI is InChI=1S/C24H27N5O3/c30-20(12-16-7-10-32-11-8-16)28-18-6-9-29(14-18)24-21-19(13-25-23(21)26-15-27-24)22(31)17-4-2-1-3-5-17/h1-5,13,15-16,18H,6-12,14H2,(H,28,30)(H,25,26,27). The molecule has 2 N–H and O–H groups in total. The van der Waals surface area contributed by atoms with Crippen LogP contribution >= 0.6 is 0 Å². The van der Waals surface area contributed by atoms with E-state index in [1.807, 2.05) is 30.3 Å². The second-order valence-electron chi connectivity index (χ2n) is 8.58. The van der Waals surface area contributed by atoms with Crippen LogP contribution < -0.4 is 10.2 Å². The molecule has 1 aromatic carbocycles. The van der Waals surface area contributed by atoms with E-state index < -0.39 is 0 Å². The van der Waals surface area contributed by atoms with Crippen LogP contribution in [0.15, 0.2) is 42.9 Å². The second-order valence-corrected chi connectivity index (χ2v) is 8.58. The van der Waals surface area contributed by atoms with Gasteiger partial charge in [-0.3, -0.25) is 9.59 Å². The molecule has 2 aromatic heterocycles. The maximum absolute atomic E-state index is 13.1. The number of anilines is 1. The van der Waals surface area contributed by atoms with Crippen LogP contribution in [0.25, 0.3) is 11.0 Å². The third kappa shape index (κ3) is 4.23. The van der Waals surface area contributed by atoms with Crippen molar-refractivity contribution in [3.05, 3.63) is 54.0 Å². The summed E-state index contributed by atoms with van der Waals surface area (Å²) in [5, 5.41) is 3.92. The number of ether oxygens (including phenoxy) is 1. The predicted octanol–water partition coefficient (Wildman–Crippen LogP) is 2.70. The molecule has 2 aliphatic heterocycles. The largest absolute Gasteiger partial charge is 0.381 e. The second kappa shape index (κ2) is 9.08. The molecule has 2 saturated heterocycles. The van der Waals surface area contributed by atoms with E-state index in [0.717, 1.165) is 50.2 Å². The van der Waals surface area contributed by atoms with Gasteiger partial charge in [-0.05, 0) is 25.2 Å². The van der Waals surface area contributed by atoms with Crippen LogP contribution in [0, 0.1) is 5.92 Å². The van der Waals surface area contributed by atoms with Crippen LogP contribution in [0.1, 0.15) is 41.6 Å². The minimum Gasteiger partial charge on any atom is -0.381 e. The monoisotopic (exact) mass is 433 g/mol. The summed E-state index contributed by atoms with van der Waals surface area (Å²) in [5.41, 5.74) is 1.83. The highest BCUT2D eigenvalue weighted by Gasteiger charge is 2.29. The lowest BCUT2D eigenvalue weighted by Crippen LogP contribution is -2.38. The van der Waals surface area contributed by atoms with Gasteiger partial charge < -0.3 is 19.9 Å². The molecule has 1 atom stereocenters. The number of nitrogens with zero attached hydrogens (tertiary/aromatic N) is 3. The van der Waals surface area contributed by atoms with Crippen molar-refractivity contribution in [1.82, 2.24) is 20.3 Å². The Morgan fingerprint density at radius 3 is 2.75 bits per heavy atom. The summed E-state index contributed by atoms with van der Waals surface area (Å²) in [4.78, 5) is 39.8. The van der Waals surface area contributed by atoms with E-state index in [9.17, 15) is 9.59 Å². The lowest BCUT2D eigenvalue weighted by molar-refractivity contribution is -0.123. The molecule has 5 rings (SSSR count). The van der Waals surface area contributed by atoms with Gasteiger partial charge >= 0.3 is 0 Å². The molecular weight excluding hydrogens is 406 g/mol. The van der Waals surface area contributed by atoms with Crippen LogP contribution in [0.3, 0.4) is 0 Å². The Balaban J connectivity index is 1.31. The first kappa shape index (κ1) is 20.6. The Hall–Kier alpha value is -3.26. The van der Waals surface area contributed by atoms with Gasteiger partial charge in [0.1, 0.15) is 17.8 Å². The van der Waals surface area contributed by atoms with Gasteiger partial charge in [-0.25, -0.2) is 9.97 Å². The molecule has 1 amide bonds. The van der Waals surface area contributed by atoms with Crippen molar-refractivity contribution < 1.29 is 14.3 Å². The fourth-order valence-corrected chi connectivity index (χ4v) is 4.68. The molecule has 32 heavy (non-hydrogen) atoms. The third-order valence-corrected chi connectivity index (χ3v) is 6.40. The summed E-state index contributed by atoms with van der Waals surface area (Å²) in [6.45, 7) is 2.92. The zero-order valence-electron chi connectivity index (χ0n) is 17.9. The quantitative estimate of drug-likeness (QED) is 0.580. The molecule has 166 valence electrons. The maximum Gasteiger partial charge on any atom is 0.220 e. The first-order chi connectivity index (χ1) is 15.7. The fourth-order valence-electron chi connectivity index (χ4n) is 4.68. The van der Waals surface area contributed by atoms with Crippen LogP contribution in [0.2, 0.25) is 0 Å². The Morgan fingerprint density at radius 1 is 1.12 bits per heavy atom. The number of amides is 1. The number of aromatic nitrogens is 3. The van der Waals surface area contributed by atoms with E-state index in [1.165, 1.54) is 6.33 Å². The SMILES string of the molecule is O=C(CC1CCOCC1)NC1CCN(c2ncnc3[nH]cc(C(=O)c4ccccc4)c23)C1. The molecule has 2 fully saturated rings. The zero-order valence-corrected chi connectivity index (χ0v) is 17.9. The summed E-state index contributed by atoms with van der Waals surface area (Å²) in [7, 11) is 0. The third-order valence-electron chi connectivity index (χ3n) is 6.40. The number of benzene rings is 1. The van der Waals surface area contributed by atoms with Gasteiger partial charge in [0.2, 0.25) is 5.91 Å². The number of aromatic amines is 1. The summed E-state index contributed by atoms with van der Waals surface area (Å²) in [6.07, 6.45) is 6.54. The molecule has 0 bridgehead atoms. The number of fused-ring (bicyclic) bond motifs is 1. The van der Waals surface area contributed by atoms with E-state index in [-0.39, 0.29) is 17.7 Å². The minimum absolute atomic E-state index is 0.0617. The highest BCUT2D eigenvalue weighted by Crippen LogP contribution is 2.30. The highest BCUT2D eigenvalue weighted by atomic mass is 16.5. The van der Waals surface area contributed by atoms with Gasteiger partial charge in [0, 0.05) is 50.5 Å². The molecule has 0 radical (unpaired) electrons. The number of ketones is 1. The lowest BCUT2D eigenvalue weighted by atomic mass is 9.96. The van der Waals surface area contributed by atoms with Gasteiger partial charge in [-0.2, -0.15) is 0 Å². The molecular formula is C24H27N5O3. The molecule has 1 unspecified atom stereocenters. The molecule has 0 saturated carbocycles. The maximum atomic E-state index is 13.1. The number of carbonyl (C=O) groups is 2. The molecule has 2 aliphatic rings. The molecule has 3 aromatic rings. The topological polar surface area (TPSA) is 100 Å². The number of rotatable bonds is 6. The summed E-state index contributed by atoms with van der Waals surface area (Å²) in [6, 6.07) is 9.29. The fraction of sp³-hybridized carbons (Fsp3) is 0.417. The Labute approximate surface area is 186 Å². The van der Waals surface area contributed by atoms with E-state index in [1.54, 1.807) is 6.20 Å². The first-order valence-electron chi connectivity index (χ1n) is 11.2. The van der Waals surface area contributed by atoms with Gasteiger partial charge in [0.05, 0.1) is 10.9 Å². The van der Waals surface area contributed by atoms with E-state index >= 15 is 0 Å². The van der Waals surface area contributed by atoms with Crippen LogP contribution in [-0.4, -0.2) is 59.0 Å². The van der Waals surface area contributed by atoms with Gasteiger partial charge in [0.15, 0.2) is 5.78 Å². The number of H-pyrrole nitrogens is 1. The summed E-state index contributed by atoms with van der Waals surface area (Å²) < 4.78 is 5.38. The van der Waals surface area contributed by atoms with Crippen molar-refractivity contribution >= 4 is 28.5 Å². The van der Waals surface area contributed by atoms with Crippen molar-refractivity contribution in [3.8, 4) is 0 Å². The lowest BCUT2D eigenvalue weighted by Gasteiger charge is -2.23. The average molecular weight is 434 g/mol. The van der Waals surface area contributed by atoms with E-state index in [2.05, 4.69) is 25.2 Å². The molecule has 8 nitrogen and oxygen atoms in total. The molecule has 0 spiro atoms. The van der Waals surface area contributed by atoms with E-state index in [0.29, 0.717) is 35.7 Å². The molecule has 0 aliphatic carbocycles. The first-order valence-corrected chi connectivity index (χ1v) is 11.2. The van der Waals surface area contributed by atoms with E-state index in [4.69, 9.17) is 4.74 Å². The van der Waals surface area contributed by atoms with Crippen molar-refractivity contribution in [2.45, 2.75) is 31.7 Å². The van der Waals surface area contributed by atoms with Crippen molar-refractivity contribution in [2.75, 3.05) is 31.2 Å². The molecule has 4 heterocycles. The van der Waals surface area contributed by atoms with Gasteiger partial charge in [-0.1, -0.05) is 30.3 Å². The Kier molecular flexibility index (Phi) is 5.85. The summed E-state index contributed by atoms with van der Waals surface area (Å²) in [5.74, 6) is 1.19. The Morgan fingerprint density at radius 2 is 1.94 bits per heavy atom. The Bertz CT molecular complexity index is 1110. The minimum atomic E-state index is -0.0617. The zero-order chi connectivity index (χ0) is 21.9.